The van der Waals surface area contributed by atoms with Gasteiger partial charge in [0, 0.05) is 37.4 Å². The number of thiophene rings is 1. The monoisotopic (exact) mass is 361 g/mol. The van der Waals surface area contributed by atoms with Crippen LogP contribution in [-0.2, 0) is 11.2 Å². The van der Waals surface area contributed by atoms with Crippen LogP contribution in [0.1, 0.15) is 24.1 Å². The van der Waals surface area contributed by atoms with Gasteiger partial charge in [0.25, 0.3) is 0 Å². The molecule has 1 aliphatic rings. The van der Waals surface area contributed by atoms with Crippen molar-refractivity contribution in [1.82, 2.24) is 10.2 Å². The maximum absolute atomic E-state index is 13.8. The molecule has 1 aromatic carbocycles. The highest BCUT2D eigenvalue weighted by Crippen LogP contribution is 2.28. The summed E-state index contributed by atoms with van der Waals surface area (Å²) >= 11 is 1.58. The van der Waals surface area contributed by atoms with E-state index in [1.165, 1.54) is 6.07 Å². The quantitative estimate of drug-likeness (QED) is 0.889. The molecule has 0 spiro atoms. The Labute approximate surface area is 152 Å². The molecule has 2 heterocycles. The fourth-order valence-corrected chi connectivity index (χ4v) is 3.83. The molecule has 1 fully saturated rings. The van der Waals surface area contributed by atoms with E-state index >= 15 is 0 Å². The minimum Gasteiger partial charge on any atom is -0.369 e. The van der Waals surface area contributed by atoms with Gasteiger partial charge >= 0.3 is 0 Å². The van der Waals surface area contributed by atoms with Gasteiger partial charge in [-0.2, -0.15) is 11.3 Å². The third-order valence-electron chi connectivity index (χ3n) is 4.62. The van der Waals surface area contributed by atoms with E-state index < -0.39 is 0 Å². The van der Waals surface area contributed by atoms with Crippen LogP contribution in [0.3, 0.4) is 0 Å². The largest absolute Gasteiger partial charge is 0.369 e. The van der Waals surface area contributed by atoms with Gasteiger partial charge in [-0.05, 0) is 54.6 Å². The van der Waals surface area contributed by atoms with Crippen LogP contribution >= 0.6 is 11.3 Å². The molecule has 1 saturated heterocycles. The first-order chi connectivity index (χ1) is 12.0. The number of carbonyl (C=O) groups is 1. The molecule has 1 aromatic heterocycles. The maximum Gasteiger partial charge on any atom is 0.224 e. The van der Waals surface area contributed by atoms with Gasteiger partial charge in [0.15, 0.2) is 0 Å². The van der Waals surface area contributed by atoms with Crippen LogP contribution in [0, 0.1) is 5.82 Å². The highest BCUT2D eigenvalue weighted by molar-refractivity contribution is 7.08. The van der Waals surface area contributed by atoms with Crippen LogP contribution in [0.15, 0.2) is 35.0 Å². The van der Waals surface area contributed by atoms with Crippen molar-refractivity contribution < 1.29 is 9.18 Å². The fraction of sp³-hybridized carbons (Fsp3) is 0.421. The second kappa shape index (κ2) is 7.97. The van der Waals surface area contributed by atoms with Gasteiger partial charge < -0.3 is 15.1 Å². The zero-order valence-corrected chi connectivity index (χ0v) is 15.5. The standard InChI is InChI=1S/C19H24FN3OS/c1-14(21-19(24)11-15-5-10-25-13-15)17-12-16(20)3-4-18(17)23-8-6-22(2)7-9-23/h3-5,10,12-14H,6-9,11H2,1-2H3,(H,21,24)/t14-/m1/s1. The molecule has 1 atom stereocenters. The van der Waals surface area contributed by atoms with Crippen molar-refractivity contribution in [1.29, 1.82) is 0 Å². The van der Waals surface area contributed by atoms with Gasteiger partial charge in [0.1, 0.15) is 5.82 Å². The Morgan fingerprint density at radius 2 is 2.04 bits per heavy atom. The lowest BCUT2D eigenvalue weighted by atomic mass is 10.0. The molecule has 3 rings (SSSR count). The topological polar surface area (TPSA) is 35.6 Å². The Morgan fingerprint density at radius 1 is 1.28 bits per heavy atom. The molecule has 1 aliphatic heterocycles. The number of carbonyl (C=O) groups excluding carboxylic acids is 1. The predicted octanol–water partition coefficient (Wildman–Crippen LogP) is 3.06. The van der Waals surface area contributed by atoms with E-state index in [9.17, 15) is 9.18 Å². The Morgan fingerprint density at radius 3 is 2.72 bits per heavy atom. The van der Waals surface area contributed by atoms with Crippen molar-refractivity contribution in [2.45, 2.75) is 19.4 Å². The Balaban J connectivity index is 1.73. The van der Waals surface area contributed by atoms with E-state index in [0.29, 0.717) is 6.42 Å². The summed E-state index contributed by atoms with van der Waals surface area (Å²) < 4.78 is 13.8. The molecule has 2 aromatic rings. The average molecular weight is 361 g/mol. The molecular weight excluding hydrogens is 337 g/mol. The number of amides is 1. The number of nitrogens with one attached hydrogen (secondary N) is 1. The van der Waals surface area contributed by atoms with Crippen LogP contribution < -0.4 is 10.2 Å². The number of nitrogens with zero attached hydrogens (tertiary/aromatic N) is 2. The highest BCUT2D eigenvalue weighted by Gasteiger charge is 2.21. The lowest BCUT2D eigenvalue weighted by Gasteiger charge is -2.36. The number of piperazine rings is 1. The lowest BCUT2D eigenvalue weighted by molar-refractivity contribution is -0.121. The molecule has 0 unspecified atom stereocenters. The summed E-state index contributed by atoms with van der Waals surface area (Å²) in [6.07, 6.45) is 0.354. The minimum absolute atomic E-state index is 0.0421. The normalized spacial score (nSPS) is 16.7. The fourth-order valence-electron chi connectivity index (χ4n) is 3.16. The Bertz CT molecular complexity index is 711. The first kappa shape index (κ1) is 17.9. The van der Waals surface area contributed by atoms with E-state index in [0.717, 1.165) is 43.0 Å². The lowest BCUT2D eigenvalue weighted by Crippen LogP contribution is -2.45. The summed E-state index contributed by atoms with van der Waals surface area (Å²) in [5, 5.41) is 6.95. The zero-order chi connectivity index (χ0) is 17.8. The van der Waals surface area contributed by atoms with E-state index in [4.69, 9.17) is 0 Å². The molecule has 6 heteroatoms. The number of hydrogen-bond donors (Lipinski definition) is 1. The zero-order valence-electron chi connectivity index (χ0n) is 14.7. The maximum atomic E-state index is 13.8. The van der Waals surface area contributed by atoms with Gasteiger partial charge in [0.05, 0.1) is 12.5 Å². The molecule has 1 amide bonds. The van der Waals surface area contributed by atoms with Crippen LogP contribution in [-0.4, -0.2) is 44.0 Å². The van der Waals surface area contributed by atoms with Crippen LogP contribution in [0.25, 0.3) is 0 Å². The minimum atomic E-state index is -0.271. The average Bonchev–Trinajstić information content (AvgIpc) is 3.08. The first-order valence-electron chi connectivity index (χ1n) is 8.56. The van der Waals surface area contributed by atoms with Crippen molar-refractivity contribution in [2.24, 2.45) is 0 Å². The highest BCUT2D eigenvalue weighted by atomic mass is 32.1. The van der Waals surface area contributed by atoms with Crippen molar-refractivity contribution in [3.05, 3.63) is 52.0 Å². The van der Waals surface area contributed by atoms with Crippen LogP contribution in [0.2, 0.25) is 0 Å². The summed E-state index contributed by atoms with van der Waals surface area (Å²) in [5.74, 6) is -0.314. The van der Waals surface area contributed by atoms with E-state index in [1.54, 1.807) is 17.4 Å². The van der Waals surface area contributed by atoms with Crippen molar-refractivity contribution in [3.8, 4) is 0 Å². The van der Waals surface area contributed by atoms with E-state index in [1.807, 2.05) is 29.8 Å². The molecule has 25 heavy (non-hydrogen) atoms. The summed E-state index contributed by atoms with van der Waals surface area (Å²) in [6.45, 7) is 5.70. The molecule has 0 bridgehead atoms. The second-order valence-corrected chi connectivity index (χ2v) is 7.37. The Kier molecular flexibility index (Phi) is 5.71. The molecule has 0 radical (unpaired) electrons. The SMILES string of the molecule is C[C@@H](NC(=O)Cc1ccsc1)c1cc(F)ccc1N1CCN(C)CC1. The number of hydrogen-bond acceptors (Lipinski definition) is 4. The predicted molar refractivity (Wildman–Crippen MR) is 101 cm³/mol. The van der Waals surface area contributed by atoms with Crippen molar-refractivity contribution in [3.63, 3.8) is 0 Å². The van der Waals surface area contributed by atoms with Gasteiger partial charge in [-0.25, -0.2) is 4.39 Å². The van der Waals surface area contributed by atoms with Gasteiger partial charge in [0.2, 0.25) is 5.91 Å². The van der Waals surface area contributed by atoms with Crippen LogP contribution in [0.5, 0.6) is 0 Å². The van der Waals surface area contributed by atoms with Gasteiger partial charge in [-0.15, -0.1) is 0 Å². The molecule has 0 saturated carbocycles. The van der Waals surface area contributed by atoms with Gasteiger partial charge in [-0.1, -0.05) is 0 Å². The van der Waals surface area contributed by atoms with Crippen molar-refractivity contribution in [2.75, 3.05) is 38.1 Å². The number of anilines is 1. The first-order valence-corrected chi connectivity index (χ1v) is 9.50. The molecule has 1 N–H and O–H groups in total. The summed E-state index contributed by atoms with van der Waals surface area (Å²) in [5.41, 5.74) is 2.86. The number of halogens is 1. The summed E-state index contributed by atoms with van der Waals surface area (Å²) in [4.78, 5) is 16.8. The van der Waals surface area contributed by atoms with Crippen molar-refractivity contribution >= 4 is 22.9 Å². The Hall–Kier alpha value is -1.92. The third-order valence-corrected chi connectivity index (χ3v) is 5.35. The molecule has 134 valence electrons. The molecular formula is C19H24FN3OS. The number of rotatable bonds is 5. The van der Waals surface area contributed by atoms with Gasteiger partial charge in [-0.3, -0.25) is 4.79 Å². The smallest absolute Gasteiger partial charge is 0.224 e. The second-order valence-electron chi connectivity index (χ2n) is 6.59. The van der Waals surface area contributed by atoms with E-state index in [-0.39, 0.29) is 17.8 Å². The summed E-state index contributed by atoms with van der Waals surface area (Å²) in [7, 11) is 2.11. The third kappa shape index (κ3) is 4.58. The van der Waals surface area contributed by atoms with Crippen LogP contribution in [0.4, 0.5) is 10.1 Å². The molecule has 4 nitrogen and oxygen atoms in total. The number of benzene rings is 1. The number of likely N-dealkylation sites (N-methyl/N-ethyl adjacent to an activating group) is 1. The molecule has 0 aliphatic carbocycles. The van der Waals surface area contributed by atoms with E-state index in [2.05, 4.69) is 22.2 Å². The summed E-state index contributed by atoms with van der Waals surface area (Å²) in [6, 6.07) is 6.58.